The molecule has 0 radical (unpaired) electrons. The Kier molecular flexibility index (Phi) is 4.70. The Morgan fingerprint density at radius 2 is 1.54 bits per heavy atom. The van der Waals surface area contributed by atoms with Gasteiger partial charge < -0.3 is 9.47 Å². The van der Waals surface area contributed by atoms with Gasteiger partial charge >= 0.3 is 6.18 Å². The summed E-state index contributed by atoms with van der Waals surface area (Å²) in [6.45, 7) is 4.43. The monoisotopic (exact) mass is 200 g/mol. The summed E-state index contributed by atoms with van der Waals surface area (Å²) in [6.07, 6.45) is -4.25. The average molecular weight is 200 g/mol. The molecular formula is C8H15F3O2. The Morgan fingerprint density at radius 3 is 1.92 bits per heavy atom. The predicted molar refractivity (Wildman–Crippen MR) is 42.6 cm³/mol. The molecule has 0 aliphatic heterocycles. The van der Waals surface area contributed by atoms with Crippen LogP contribution in [-0.4, -0.2) is 31.6 Å². The summed E-state index contributed by atoms with van der Waals surface area (Å²) in [5, 5.41) is 0. The molecule has 0 unspecified atom stereocenters. The molecule has 0 aromatic rings. The summed E-state index contributed by atoms with van der Waals surface area (Å²) in [5.41, 5.74) is -0.332. The van der Waals surface area contributed by atoms with E-state index < -0.39 is 12.8 Å². The smallest absolute Gasteiger partial charge is 0.373 e. The van der Waals surface area contributed by atoms with E-state index in [1.54, 1.807) is 0 Å². The molecule has 0 heterocycles. The molecule has 80 valence electrons. The summed E-state index contributed by atoms with van der Waals surface area (Å²) < 4.78 is 44.1. The van der Waals surface area contributed by atoms with Crippen molar-refractivity contribution in [1.82, 2.24) is 0 Å². The normalized spacial score (nSPS) is 13.4. The van der Waals surface area contributed by atoms with Crippen LogP contribution < -0.4 is 0 Å². The Hall–Kier alpha value is -0.290. The summed E-state index contributed by atoms with van der Waals surface area (Å²) >= 11 is 0. The van der Waals surface area contributed by atoms with Gasteiger partial charge in [-0.15, -0.1) is 0 Å². The van der Waals surface area contributed by atoms with E-state index in [4.69, 9.17) is 4.74 Å². The SMILES string of the molecule is CC(C)(C)OCCOCC(F)(F)F. The topological polar surface area (TPSA) is 18.5 Å². The largest absolute Gasteiger partial charge is 0.411 e. The first kappa shape index (κ1) is 12.7. The van der Waals surface area contributed by atoms with Crippen molar-refractivity contribution in [3.8, 4) is 0 Å². The van der Waals surface area contributed by atoms with E-state index in [0.29, 0.717) is 0 Å². The van der Waals surface area contributed by atoms with Crippen LogP contribution in [0, 0.1) is 0 Å². The van der Waals surface area contributed by atoms with Crippen LogP contribution in [0.5, 0.6) is 0 Å². The molecule has 0 saturated carbocycles. The molecule has 0 aromatic carbocycles. The number of hydrogen-bond donors (Lipinski definition) is 0. The fraction of sp³-hybridized carbons (Fsp3) is 1.00. The Morgan fingerprint density at radius 1 is 1.00 bits per heavy atom. The average Bonchev–Trinajstić information content (AvgIpc) is 1.81. The van der Waals surface area contributed by atoms with Gasteiger partial charge in [0, 0.05) is 0 Å². The van der Waals surface area contributed by atoms with Crippen LogP contribution in [0.3, 0.4) is 0 Å². The van der Waals surface area contributed by atoms with Crippen molar-refractivity contribution in [2.45, 2.75) is 32.5 Å². The minimum atomic E-state index is -4.25. The second-order valence-corrected chi connectivity index (χ2v) is 3.63. The highest BCUT2D eigenvalue weighted by Crippen LogP contribution is 2.14. The summed E-state index contributed by atoms with van der Waals surface area (Å²) in [6, 6.07) is 0. The van der Waals surface area contributed by atoms with Crippen LogP contribution in [0.1, 0.15) is 20.8 Å². The van der Waals surface area contributed by atoms with Gasteiger partial charge in [-0.05, 0) is 20.8 Å². The minimum absolute atomic E-state index is 0.0310. The van der Waals surface area contributed by atoms with Gasteiger partial charge in [-0.3, -0.25) is 0 Å². The first-order valence-electron chi connectivity index (χ1n) is 3.99. The molecule has 0 rings (SSSR count). The van der Waals surface area contributed by atoms with Crippen molar-refractivity contribution in [1.29, 1.82) is 0 Å². The zero-order valence-electron chi connectivity index (χ0n) is 8.07. The lowest BCUT2D eigenvalue weighted by atomic mass is 10.2. The Bertz CT molecular complexity index is 121. The first-order chi connectivity index (χ1) is 5.71. The molecule has 2 nitrogen and oxygen atoms in total. The van der Waals surface area contributed by atoms with Crippen molar-refractivity contribution < 1.29 is 22.6 Å². The van der Waals surface area contributed by atoms with Crippen LogP contribution in [0.2, 0.25) is 0 Å². The quantitative estimate of drug-likeness (QED) is 0.648. The van der Waals surface area contributed by atoms with Crippen LogP contribution in [-0.2, 0) is 9.47 Å². The third-order valence-electron chi connectivity index (χ3n) is 1.03. The highest BCUT2D eigenvalue weighted by atomic mass is 19.4. The van der Waals surface area contributed by atoms with Crippen molar-refractivity contribution in [2.24, 2.45) is 0 Å². The zero-order valence-corrected chi connectivity index (χ0v) is 8.07. The van der Waals surface area contributed by atoms with Gasteiger partial charge in [0.25, 0.3) is 0 Å². The number of rotatable bonds is 4. The number of ether oxygens (including phenoxy) is 2. The standard InChI is InChI=1S/C8H15F3O2/c1-7(2,3)13-5-4-12-6-8(9,10)11/h4-6H2,1-3H3. The van der Waals surface area contributed by atoms with Gasteiger partial charge in [-0.1, -0.05) is 0 Å². The molecule has 0 fully saturated rings. The molecular weight excluding hydrogens is 185 g/mol. The van der Waals surface area contributed by atoms with Gasteiger partial charge in [0.1, 0.15) is 6.61 Å². The molecule has 0 atom stereocenters. The third-order valence-corrected chi connectivity index (χ3v) is 1.03. The van der Waals surface area contributed by atoms with E-state index >= 15 is 0 Å². The Labute approximate surface area is 76.0 Å². The number of halogens is 3. The molecule has 0 aromatic heterocycles. The van der Waals surface area contributed by atoms with E-state index in [2.05, 4.69) is 4.74 Å². The molecule has 0 aliphatic rings. The maximum absolute atomic E-state index is 11.6. The van der Waals surface area contributed by atoms with Gasteiger partial charge in [0.05, 0.1) is 18.8 Å². The molecule has 0 aliphatic carbocycles. The maximum Gasteiger partial charge on any atom is 0.411 e. The fourth-order valence-corrected chi connectivity index (χ4v) is 0.595. The van der Waals surface area contributed by atoms with E-state index in [0.717, 1.165) is 0 Å². The summed E-state index contributed by atoms with van der Waals surface area (Å²) in [7, 11) is 0. The summed E-state index contributed by atoms with van der Waals surface area (Å²) in [5.74, 6) is 0. The minimum Gasteiger partial charge on any atom is -0.373 e. The second-order valence-electron chi connectivity index (χ2n) is 3.63. The highest BCUT2D eigenvalue weighted by Gasteiger charge is 2.27. The third kappa shape index (κ3) is 11.7. The Balaban J connectivity index is 3.28. The molecule has 0 spiro atoms. The number of alkyl halides is 3. The highest BCUT2D eigenvalue weighted by molar-refractivity contribution is 4.58. The zero-order chi connectivity index (χ0) is 10.5. The van der Waals surface area contributed by atoms with Crippen LogP contribution in [0.15, 0.2) is 0 Å². The van der Waals surface area contributed by atoms with Crippen LogP contribution >= 0.6 is 0 Å². The lowest BCUT2D eigenvalue weighted by molar-refractivity contribution is -0.178. The van der Waals surface area contributed by atoms with Crippen LogP contribution in [0.4, 0.5) is 13.2 Å². The van der Waals surface area contributed by atoms with Crippen molar-refractivity contribution in [3.05, 3.63) is 0 Å². The van der Waals surface area contributed by atoms with Crippen molar-refractivity contribution >= 4 is 0 Å². The van der Waals surface area contributed by atoms with E-state index in [1.807, 2.05) is 20.8 Å². The molecule has 0 amide bonds. The first-order valence-corrected chi connectivity index (χ1v) is 3.99. The predicted octanol–water partition coefficient (Wildman–Crippen LogP) is 2.38. The number of hydrogen-bond acceptors (Lipinski definition) is 2. The second kappa shape index (κ2) is 4.81. The summed E-state index contributed by atoms with van der Waals surface area (Å²) in [4.78, 5) is 0. The molecule has 0 saturated heterocycles. The fourth-order valence-electron chi connectivity index (χ4n) is 0.595. The van der Waals surface area contributed by atoms with Gasteiger partial charge in [0.15, 0.2) is 0 Å². The molecule has 0 bridgehead atoms. The lowest BCUT2D eigenvalue weighted by Crippen LogP contribution is -2.24. The maximum atomic E-state index is 11.6. The van der Waals surface area contributed by atoms with E-state index in [1.165, 1.54) is 0 Å². The van der Waals surface area contributed by atoms with Gasteiger partial charge in [-0.25, -0.2) is 0 Å². The van der Waals surface area contributed by atoms with Gasteiger partial charge in [0.2, 0.25) is 0 Å². The van der Waals surface area contributed by atoms with E-state index in [9.17, 15) is 13.2 Å². The van der Waals surface area contributed by atoms with Crippen LogP contribution in [0.25, 0.3) is 0 Å². The molecule has 5 heteroatoms. The van der Waals surface area contributed by atoms with E-state index in [-0.39, 0.29) is 18.8 Å². The van der Waals surface area contributed by atoms with Crippen molar-refractivity contribution in [3.63, 3.8) is 0 Å². The van der Waals surface area contributed by atoms with Gasteiger partial charge in [-0.2, -0.15) is 13.2 Å². The van der Waals surface area contributed by atoms with Crippen molar-refractivity contribution in [2.75, 3.05) is 19.8 Å². The lowest BCUT2D eigenvalue weighted by Gasteiger charge is -2.19. The molecule has 13 heavy (non-hydrogen) atoms. The molecule has 0 N–H and O–H groups in total.